The molecule has 0 radical (unpaired) electrons. The molecule has 9 heteroatoms. The van der Waals surface area contributed by atoms with Gasteiger partial charge in [-0.1, -0.05) is 13.8 Å². The standard InChI is InChI=1S/C27H32N6O3/c1-19(2)13-21(32-8-11-35-12-9-32)16-29-27(34)23-14-25(20-5-3-7-28-15-20)31-26-24(23)17-30-33(26)18-22-6-4-10-36-22/h3-7,10,14-15,17,19,21H,8-9,11-13,16,18H2,1-2H3,(H,29,34). The van der Waals surface area contributed by atoms with E-state index in [0.29, 0.717) is 41.3 Å². The van der Waals surface area contributed by atoms with Gasteiger partial charge in [0.1, 0.15) is 12.3 Å². The summed E-state index contributed by atoms with van der Waals surface area (Å²) in [5.41, 5.74) is 2.69. The van der Waals surface area contributed by atoms with Gasteiger partial charge in [-0.2, -0.15) is 5.10 Å². The summed E-state index contributed by atoms with van der Waals surface area (Å²) in [6, 6.07) is 9.63. The number of morpholine rings is 1. The summed E-state index contributed by atoms with van der Waals surface area (Å²) in [7, 11) is 0. The Morgan fingerprint density at radius 3 is 2.75 bits per heavy atom. The molecule has 1 amide bonds. The molecule has 1 unspecified atom stereocenters. The van der Waals surface area contributed by atoms with Crippen molar-refractivity contribution in [1.82, 2.24) is 30.0 Å². The Morgan fingerprint density at radius 1 is 1.17 bits per heavy atom. The molecule has 9 nitrogen and oxygen atoms in total. The fourth-order valence-corrected chi connectivity index (χ4v) is 4.72. The van der Waals surface area contributed by atoms with Gasteiger partial charge in [-0.3, -0.25) is 14.7 Å². The smallest absolute Gasteiger partial charge is 0.252 e. The molecule has 0 aliphatic carbocycles. The maximum atomic E-state index is 13.6. The molecule has 5 rings (SSSR count). The second kappa shape index (κ2) is 11.0. The van der Waals surface area contributed by atoms with Gasteiger partial charge in [0.2, 0.25) is 0 Å². The molecule has 0 spiro atoms. The number of aromatic nitrogens is 4. The Labute approximate surface area is 210 Å². The Bertz CT molecular complexity index is 1280. The number of carbonyl (C=O) groups is 1. The van der Waals surface area contributed by atoms with E-state index in [1.165, 1.54) is 0 Å². The van der Waals surface area contributed by atoms with Crippen LogP contribution >= 0.6 is 0 Å². The second-order valence-corrected chi connectivity index (χ2v) is 9.56. The van der Waals surface area contributed by atoms with E-state index in [4.69, 9.17) is 14.1 Å². The van der Waals surface area contributed by atoms with Crippen LogP contribution in [0.15, 0.2) is 59.6 Å². The van der Waals surface area contributed by atoms with Gasteiger partial charge in [0, 0.05) is 43.6 Å². The van der Waals surface area contributed by atoms with E-state index in [-0.39, 0.29) is 11.9 Å². The Hall–Kier alpha value is -3.56. The minimum atomic E-state index is -0.132. The van der Waals surface area contributed by atoms with Gasteiger partial charge in [-0.15, -0.1) is 0 Å². The molecular formula is C27H32N6O3. The molecule has 4 aromatic rings. The van der Waals surface area contributed by atoms with E-state index in [1.54, 1.807) is 29.5 Å². The van der Waals surface area contributed by atoms with E-state index in [9.17, 15) is 4.79 Å². The van der Waals surface area contributed by atoms with E-state index < -0.39 is 0 Å². The summed E-state index contributed by atoms with van der Waals surface area (Å²) < 4.78 is 12.8. The summed E-state index contributed by atoms with van der Waals surface area (Å²) in [5.74, 6) is 1.16. The van der Waals surface area contributed by atoms with Gasteiger partial charge in [-0.05, 0) is 42.7 Å². The number of rotatable bonds is 9. The normalized spacial score (nSPS) is 15.4. The van der Waals surface area contributed by atoms with E-state index >= 15 is 0 Å². The highest BCUT2D eigenvalue weighted by Gasteiger charge is 2.24. The monoisotopic (exact) mass is 488 g/mol. The van der Waals surface area contributed by atoms with Crippen molar-refractivity contribution in [2.75, 3.05) is 32.8 Å². The predicted molar refractivity (Wildman–Crippen MR) is 137 cm³/mol. The molecule has 5 heterocycles. The zero-order chi connectivity index (χ0) is 24.9. The van der Waals surface area contributed by atoms with Crippen LogP contribution in [-0.2, 0) is 11.3 Å². The number of fused-ring (bicyclic) bond motifs is 1. The lowest BCUT2D eigenvalue weighted by molar-refractivity contribution is 0.0124. The molecule has 1 saturated heterocycles. The van der Waals surface area contributed by atoms with Gasteiger partial charge in [0.05, 0.1) is 42.3 Å². The van der Waals surface area contributed by atoms with Gasteiger partial charge in [-0.25, -0.2) is 9.67 Å². The van der Waals surface area contributed by atoms with Crippen molar-refractivity contribution < 1.29 is 13.9 Å². The van der Waals surface area contributed by atoms with Crippen LogP contribution in [0, 0.1) is 5.92 Å². The first-order valence-corrected chi connectivity index (χ1v) is 12.5. The minimum absolute atomic E-state index is 0.132. The third-order valence-electron chi connectivity index (χ3n) is 6.50. The van der Waals surface area contributed by atoms with E-state index in [1.807, 2.05) is 30.3 Å². The lowest BCUT2D eigenvalue weighted by Gasteiger charge is -2.35. The van der Waals surface area contributed by atoms with Crippen LogP contribution < -0.4 is 5.32 Å². The maximum absolute atomic E-state index is 13.6. The molecule has 1 N–H and O–H groups in total. The van der Waals surface area contributed by atoms with Crippen LogP contribution in [0.3, 0.4) is 0 Å². The molecule has 1 aliphatic rings. The highest BCUT2D eigenvalue weighted by molar-refractivity contribution is 6.06. The number of hydrogen-bond donors (Lipinski definition) is 1. The number of ether oxygens (including phenoxy) is 1. The number of hydrogen-bond acceptors (Lipinski definition) is 7. The molecule has 1 atom stereocenters. The average Bonchev–Trinajstić information content (AvgIpc) is 3.57. The van der Waals surface area contributed by atoms with Crippen LogP contribution in [0.25, 0.3) is 22.3 Å². The van der Waals surface area contributed by atoms with Crippen LogP contribution in [0.2, 0.25) is 0 Å². The van der Waals surface area contributed by atoms with Crippen LogP contribution in [0.4, 0.5) is 0 Å². The highest BCUT2D eigenvalue weighted by atomic mass is 16.5. The third-order valence-corrected chi connectivity index (χ3v) is 6.50. The number of pyridine rings is 2. The van der Waals surface area contributed by atoms with Crippen molar-refractivity contribution in [2.45, 2.75) is 32.9 Å². The molecule has 0 bridgehead atoms. The molecule has 0 aromatic carbocycles. The largest absolute Gasteiger partial charge is 0.467 e. The Morgan fingerprint density at radius 2 is 2.03 bits per heavy atom. The van der Waals surface area contributed by atoms with Crippen molar-refractivity contribution in [3.8, 4) is 11.3 Å². The lowest BCUT2D eigenvalue weighted by Crippen LogP contribution is -2.49. The van der Waals surface area contributed by atoms with Crippen LogP contribution in [0.1, 0.15) is 36.4 Å². The molecule has 1 fully saturated rings. The summed E-state index contributed by atoms with van der Waals surface area (Å²) >= 11 is 0. The zero-order valence-corrected chi connectivity index (χ0v) is 20.8. The first kappa shape index (κ1) is 24.1. The summed E-state index contributed by atoms with van der Waals surface area (Å²) in [5, 5.41) is 8.45. The molecule has 4 aromatic heterocycles. The predicted octanol–water partition coefficient (Wildman–Crippen LogP) is 3.61. The van der Waals surface area contributed by atoms with Gasteiger partial charge in [0.15, 0.2) is 5.65 Å². The Kier molecular flexibility index (Phi) is 7.39. The number of furan rings is 1. The summed E-state index contributed by atoms with van der Waals surface area (Å²) in [4.78, 5) is 25.1. The SMILES string of the molecule is CC(C)CC(CNC(=O)c1cc(-c2cccnc2)nc2c1cnn2Cc1ccco1)N1CCOCC1. The quantitative estimate of drug-likeness (QED) is 0.384. The fourth-order valence-electron chi connectivity index (χ4n) is 4.72. The van der Waals surface area contributed by atoms with Crippen molar-refractivity contribution in [3.63, 3.8) is 0 Å². The fraction of sp³-hybridized carbons (Fsp3) is 0.407. The van der Waals surface area contributed by atoms with Gasteiger partial charge >= 0.3 is 0 Å². The second-order valence-electron chi connectivity index (χ2n) is 9.56. The van der Waals surface area contributed by atoms with E-state index in [2.05, 4.69) is 34.1 Å². The Balaban J connectivity index is 1.45. The third kappa shape index (κ3) is 5.47. The van der Waals surface area contributed by atoms with Gasteiger partial charge < -0.3 is 14.5 Å². The topological polar surface area (TPSA) is 98.3 Å². The van der Waals surface area contributed by atoms with Crippen LogP contribution in [-0.4, -0.2) is 69.4 Å². The molecule has 1 aliphatic heterocycles. The van der Waals surface area contributed by atoms with Crippen molar-refractivity contribution in [2.24, 2.45) is 5.92 Å². The summed E-state index contributed by atoms with van der Waals surface area (Å²) in [6.07, 6.45) is 7.82. The molecule has 0 saturated carbocycles. The lowest BCUT2D eigenvalue weighted by atomic mass is 10.0. The zero-order valence-electron chi connectivity index (χ0n) is 20.8. The number of nitrogens with zero attached hydrogens (tertiary/aromatic N) is 5. The molecule has 188 valence electrons. The first-order valence-electron chi connectivity index (χ1n) is 12.5. The maximum Gasteiger partial charge on any atom is 0.252 e. The number of carbonyl (C=O) groups excluding carboxylic acids is 1. The molecular weight excluding hydrogens is 456 g/mol. The number of amides is 1. The van der Waals surface area contributed by atoms with Gasteiger partial charge in [0.25, 0.3) is 5.91 Å². The highest BCUT2D eigenvalue weighted by Crippen LogP contribution is 2.25. The van der Waals surface area contributed by atoms with Crippen molar-refractivity contribution in [3.05, 3.63) is 66.5 Å². The first-order chi connectivity index (χ1) is 17.6. The average molecular weight is 489 g/mol. The molecule has 36 heavy (non-hydrogen) atoms. The van der Waals surface area contributed by atoms with E-state index in [0.717, 1.165) is 44.0 Å². The van der Waals surface area contributed by atoms with Crippen LogP contribution in [0.5, 0.6) is 0 Å². The summed E-state index contributed by atoms with van der Waals surface area (Å²) in [6.45, 7) is 8.67. The van der Waals surface area contributed by atoms with Crippen molar-refractivity contribution >= 4 is 16.9 Å². The van der Waals surface area contributed by atoms with Crippen molar-refractivity contribution in [1.29, 1.82) is 0 Å². The number of nitrogens with one attached hydrogen (secondary N) is 1. The minimum Gasteiger partial charge on any atom is -0.467 e.